The van der Waals surface area contributed by atoms with Gasteiger partial charge < -0.3 is 10.5 Å². The molecule has 8 heteroatoms. The lowest BCUT2D eigenvalue weighted by Gasteiger charge is -2.12. The summed E-state index contributed by atoms with van der Waals surface area (Å²) in [4.78, 5) is 3.41. The second-order valence-corrected chi connectivity index (χ2v) is 5.52. The molecule has 0 bridgehead atoms. The van der Waals surface area contributed by atoms with E-state index in [0.29, 0.717) is 5.69 Å². The van der Waals surface area contributed by atoms with E-state index >= 15 is 0 Å². The molecule has 6 nitrogen and oxygen atoms in total. The Morgan fingerprint density at radius 1 is 1.35 bits per heavy atom. The van der Waals surface area contributed by atoms with Crippen molar-refractivity contribution in [3.05, 3.63) is 42.5 Å². The number of sulfonamides is 1. The van der Waals surface area contributed by atoms with Crippen LogP contribution < -0.4 is 15.2 Å². The molecule has 0 spiro atoms. The first kappa shape index (κ1) is 14.1. The Kier molecular flexibility index (Phi) is 3.75. The monoisotopic (exact) mass is 297 g/mol. The van der Waals surface area contributed by atoms with Crippen LogP contribution in [0.2, 0.25) is 0 Å². The fourth-order valence-corrected chi connectivity index (χ4v) is 2.78. The number of nitrogens with two attached hydrogens (primary N) is 1. The first-order chi connectivity index (χ1) is 9.44. The number of anilines is 2. The summed E-state index contributed by atoms with van der Waals surface area (Å²) in [5, 5.41) is 0. The Balaban J connectivity index is 2.44. The lowest BCUT2D eigenvalue weighted by atomic mass is 10.3. The largest absolute Gasteiger partial charge is 0.495 e. The molecular formula is C12H12FN3O3S. The number of methoxy groups -OCH3 is 1. The molecule has 0 unspecified atom stereocenters. The summed E-state index contributed by atoms with van der Waals surface area (Å²) in [7, 11) is -2.67. The van der Waals surface area contributed by atoms with Crippen LogP contribution >= 0.6 is 0 Å². The molecule has 1 heterocycles. The SMILES string of the molecule is COc1cc(N)ccc1S(=O)(=O)Nc1ccncc1F. The highest BCUT2D eigenvalue weighted by atomic mass is 32.2. The number of nitrogens with one attached hydrogen (secondary N) is 1. The minimum atomic E-state index is -3.99. The summed E-state index contributed by atoms with van der Waals surface area (Å²) in [6.45, 7) is 0. The molecule has 1 aromatic carbocycles. The number of nitrogens with zero attached hydrogens (tertiary/aromatic N) is 1. The van der Waals surface area contributed by atoms with Crippen LogP contribution in [0.3, 0.4) is 0 Å². The van der Waals surface area contributed by atoms with Crippen molar-refractivity contribution in [2.24, 2.45) is 0 Å². The van der Waals surface area contributed by atoms with Crippen molar-refractivity contribution in [3.8, 4) is 5.75 Å². The van der Waals surface area contributed by atoms with E-state index < -0.39 is 15.8 Å². The zero-order valence-corrected chi connectivity index (χ0v) is 11.3. The van der Waals surface area contributed by atoms with Gasteiger partial charge in [0.1, 0.15) is 10.6 Å². The number of rotatable bonds is 4. The second-order valence-electron chi connectivity index (χ2n) is 3.87. The number of halogens is 1. The van der Waals surface area contributed by atoms with Gasteiger partial charge >= 0.3 is 0 Å². The molecule has 2 rings (SSSR count). The molecular weight excluding hydrogens is 285 g/mol. The van der Waals surface area contributed by atoms with E-state index in [0.717, 1.165) is 6.20 Å². The average Bonchev–Trinajstić information content (AvgIpc) is 2.40. The summed E-state index contributed by atoms with van der Waals surface area (Å²) in [5.74, 6) is -0.697. The first-order valence-corrected chi connectivity index (χ1v) is 6.98. The van der Waals surface area contributed by atoms with Crippen molar-refractivity contribution in [2.45, 2.75) is 4.90 Å². The van der Waals surface area contributed by atoms with Crippen molar-refractivity contribution in [1.82, 2.24) is 4.98 Å². The van der Waals surface area contributed by atoms with Gasteiger partial charge in [-0.1, -0.05) is 0 Å². The summed E-state index contributed by atoms with van der Waals surface area (Å²) < 4.78 is 45.0. The molecule has 0 saturated carbocycles. The molecule has 0 aliphatic heterocycles. The number of ether oxygens (including phenoxy) is 1. The van der Waals surface area contributed by atoms with Gasteiger partial charge in [-0.15, -0.1) is 0 Å². The Morgan fingerprint density at radius 3 is 2.75 bits per heavy atom. The molecule has 3 N–H and O–H groups in total. The summed E-state index contributed by atoms with van der Waals surface area (Å²) in [6.07, 6.45) is 2.19. The fourth-order valence-electron chi connectivity index (χ4n) is 1.56. The van der Waals surface area contributed by atoms with Gasteiger partial charge in [0.15, 0.2) is 5.82 Å². The topological polar surface area (TPSA) is 94.3 Å². The van der Waals surface area contributed by atoms with E-state index in [9.17, 15) is 12.8 Å². The normalized spacial score (nSPS) is 11.1. The Morgan fingerprint density at radius 2 is 2.10 bits per heavy atom. The van der Waals surface area contributed by atoms with Crippen LogP contribution in [0.15, 0.2) is 41.6 Å². The van der Waals surface area contributed by atoms with E-state index in [4.69, 9.17) is 10.5 Å². The third kappa shape index (κ3) is 2.80. The van der Waals surface area contributed by atoms with Crippen LogP contribution in [0.25, 0.3) is 0 Å². The highest BCUT2D eigenvalue weighted by Gasteiger charge is 2.21. The summed E-state index contributed by atoms with van der Waals surface area (Å²) >= 11 is 0. The smallest absolute Gasteiger partial charge is 0.265 e. The van der Waals surface area contributed by atoms with E-state index in [1.807, 2.05) is 0 Å². The average molecular weight is 297 g/mol. The number of benzene rings is 1. The van der Waals surface area contributed by atoms with E-state index in [2.05, 4.69) is 9.71 Å². The number of hydrogen-bond donors (Lipinski definition) is 2. The highest BCUT2D eigenvalue weighted by Crippen LogP contribution is 2.28. The zero-order valence-electron chi connectivity index (χ0n) is 10.5. The van der Waals surface area contributed by atoms with Crippen molar-refractivity contribution in [1.29, 1.82) is 0 Å². The highest BCUT2D eigenvalue weighted by molar-refractivity contribution is 7.92. The van der Waals surface area contributed by atoms with Crippen molar-refractivity contribution in [3.63, 3.8) is 0 Å². The standard InChI is InChI=1S/C12H12FN3O3S/c1-19-11-6-8(14)2-3-12(11)20(17,18)16-10-4-5-15-7-9(10)13/h2-7H,14H2,1H3,(H,15,16). The number of hydrogen-bond acceptors (Lipinski definition) is 5. The molecule has 0 amide bonds. The van der Waals surface area contributed by atoms with Gasteiger partial charge in [-0.2, -0.15) is 0 Å². The molecule has 0 fully saturated rings. The molecule has 0 radical (unpaired) electrons. The van der Waals surface area contributed by atoms with Crippen LogP contribution in [0, 0.1) is 5.82 Å². The summed E-state index contributed by atoms with van der Waals surface area (Å²) in [6, 6.07) is 5.30. The maximum Gasteiger partial charge on any atom is 0.265 e. The van der Waals surface area contributed by atoms with Gasteiger partial charge in [0.25, 0.3) is 10.0 Å². The Bertz CT molecular complexity index is 734. The number of aromatic nitrogens is 1. The third-order valence-corrected chi connectivity index (χ3v) is 3.90. The van der Waals surface area contributed by atoms with Crippen LogP contribution in [-0.4, -0.2) is 20.5 Å². The van der Waals surface area contributed by atoms with E-state index in [1.165, 1.54) is 37.6 Å². The first-order valence-electron chi connectivity index (χ1n) is 5.50. The van der Waals surface area contributed by atoms with Crippen LogP contribution in [0.4, 0.5) is 15.8 Å². The predicted octanol–water partition coefficient (Wildman–Crippen LogP) is 1.61. The lowest BCUT2D eigenvalue weighted by Crippen LogP contribution is -2.15. The maximum atomic E-state index is 13.4. The molecule has 106 valence electrons. The van der Waals surface area contributed by atoms with Gasteiger partial charge in [0.2, 0.25) is 0 Å². The third-order valence-electron chi connectivity index (χ3n) is 2.49. The molecule has 0 atom stereocenters. The van der Waals surface area contributed by atoms with Gasteiger partial charge in [-0.3, -0.25) is 9.71 Å². The van der Waals surface area contributed by atoms with Crippen molar-refractivity contribution in [2.75, 3.05) is 17.6 Å². The molecule has 1 aromatic heterocycles. The molecule has 0 aliphatic carbocycles. The minimum Gasteiger partial charge on any atom is -0.495 e. The predicted molar refractivity (Wildman–Crippen MR) is 72.4 cm³/mol. The molecule has 20 heavy (non-hydrogen) atoms. The lowest BCUT2D eigenvalue weighted by molar-refractivity contribution is 0.403. The zero-order chi connectivity index (χ0) is 14.8. The minimum absolute atomic E-state index is 0.0759. The van der Waals surface area contributed by atoms with Gasteiger partial charge in [0, 0.05) is 18.0 Å². The summed E-state index contributed by atoms with van der Waals surface area (Å²) in [5.41, 5.74) is 5.72. The van der Waals surface area contributed by atoms with Crippen LogP contribution in [0.5, 0.6) is 5.75 Å². The van der Waals surface area contributed by atoms with Gasteiger partial charge in [-0.25, -0.2) is 12.8 Å². The van der Waals surface area contributed by atoms with E-state index in [1.54, 1.807) is 0 Å². The molecule has 0 aliphatic rings. The van der Waals surface area contributed by atoms with Crippen LogP contribution in [-0.2, 0) is 10.0 Å². The number of pyridine rings is 1. The molecule has 2 aromatic rings. The van der Waals surface area contributed by atoms with E-state index in [-0.39, 0.29) is 16.3 Å². The van der Waals surface area contributed by atoms with Crippen molar-refractivity contribution >= 4 is 21.4 Å². The molecule has 0 saturated heterocycles. The fraction of sp³-hybridized carbons (Fsp3) is 0.0833. The van der Waals surface area contributed by atoms with Crippen molar-refractivity contribution < 1.29 is 17.5 Å². The second kappa shape index (κ2) is 5.33. The Hall–Kier alpha value is -2.35. The number of nitrogen functional groups attached to an aromatic ring is 1. The van der Waals surface area contributed by atoms with Gasteiger partial charge in [-0.05, 0) is 18.2 Å². The van der Waals surface area contributed by atoms with Gasteiger partial charge in [0.05, 0.1) is 19.0 Å². The maximum absolute atomic E-state index is 13.4. The van der Waals surface area contributed by atoms with Crippen LogP contribution in [0.1, 0.15) is 0 Å². The Labute approximate surface area is 115 Å². The quantitative estimate of drug-likeness (QED) is 0.836.